The summed E-state index contributed by atoms with van der Waals surface area (Å²) in [5.74, 6) is -0.395. The van der Waals surface area contributed by atoms with Gasteiger partial charge in [0, 0.05) is 17.8 Å². The van der Waals surface area contributed by atoms with Gasteiger partial charge in [-0.25, -0.2) is 4.98 Å². The Morgan fingerprint density at radius 3 is 3.24 bits per heavy atom. The van der Waals surface area contributed by atoms with Gasteiger partial charge in [0.25, 0.3) is 5.91 Å². The van der Waals surface area contributed by atoms with Gasteiger partial charge in [-0.1, -0.05) is 29.8 Å². The molecule has 0 aromatic carbocycles. The highest BCUT2D eigenvalue weighted by Gasteiger charge is 2.15. The summed E-state index contributed by atoms with van der Waals surface area (Å²) in [6, 6.07) is 1.87. The highest BCUT2D eigenvalue weighted by atomic mass is 35.5. The molecule has 2 heterocycles. The molecule has 106 valence electrons. The zero-order chi connectivity index (χ0) is 14.8. The lowest BCUT2D eigenvalue weighted by Crippen LogP contribution is -2.34. The Labute approximate surface area is 126 Å². The Morgan fingerprint density at radius 1 is 1.57 bits per heavy atom. The zero-order valence-corrected chi connectivity index (χ0v) is 11.8. The van der Waals surface area contributed by atoms with Crippen molar-refractivity contribution < 1.29 is 4.79 Å². The lowest BCUT2D eigenvalue weighted by atomic mass is 9.95. The molecule has 0 saturated heterocycles. The summed E-state index contributed by atoms with van der Waals surface area (Å²) in [6.45, 7) is 0. The van der Waals surface area contributed by atoms with E-state index in [0.717, 1.165) is 28.4 Å². The van der Waals surface area contributed by atoms with Crippen LogP contribution in [-0.2, 0) is 4.79 Å². The summed E-state index contributed by atoms with van der Waals surface area (Å²) in [7, 11) is 0. The maximum Gasteiger partial charge on any atom is 0.262 e. The number of pyridine rings is 1. The van der Waals surface area contributed by atoms with Gasteiger partial charge in [0.1, 0.15) is 5.65 Å². The number of fused-ring (bicyclic) bond motifs is 1. The van der Waals surface area contributed by atoms with Crippen LogP contribution in [0.1, 0.15) is 12.0 Å². The summed E-state index contributed by atoms with van der Waals surface area (Å²) in [5.41, 5.74) is 2.80. The largest absolute Gasteiger partial charge is 0.345 e. The summed E-state index contributed by atoms with van der Waals surface area (Å²) < 4.78 is 0. The van der Waals surface area contributed by atoms with E-state index in [1.807, 2.05) is 24.3 Å². The molecule has 1 aliphatic rings. The van der Waals surface area contributed by atoms with E-state index in [9.17, 15) is 4.79 Å². The number of hydrogen-bond donors (Lipinski definition) is 3. The summed E-state index contributed by atoms with van der Waals surface area (Å²) >= 11 is 6.11. The van der Waals surface area contributed by atoms with Crippen molar-refractivity contribution in [2.75, 3.05) is 0 Å². The minimum absolute atomic E-state index is 0.114. The minimum atomic E-state index is -0.395. The number of nitrogens with zero attached hydrogens (tertiary/aromatic N) is 1. The molecular weight excluding hydrogens is 288 g/mol. The molecule has 1 aliphatic carbocycles. The number of allylic oxidation sites excluding steroid dienone is 2. The standard InChI is InChI=1S/C15H13ClN4O/c16-13-8-19-15-12(13)5-10(7-18-15)9-2-1-3-11(4-9)20-14(21)6-17/h1-3,5-8,11,17H,4H2,(H,18,19)(H,20,21). The van der Waals surface area contributed by atoms with E-state index in [1.165, 1.54) is 0 Å². The van der Waals surface area contributed by atoms with Crippen LogP contribution in [0.2, 0.25) is 5.02 Å². The Morgan fingerprint density at radius 2 is 2.43 bits per heavy atom. The molecule has 21 heavy (non-hydrogen) atoms. The van der Waals surface area contributed by atoms with Crippen molar-refractivity contribution in [2.45, 2.75) is 12.5 Å². The van der Waals surface area contributed by atoms with Crippen LogP contribution in [0.4, 0.5) is 0 Å². The lowest BCUT2D eigenvalue weighted by Gasteiger charge is -2.19. The average Bonchev–Trinajstić information content (AvgIpc) is 2.88. The second kappa shape index (κ2) is 5.54. The molecule has 0 saturated carbocycles. The molecular formula is C15H13ClN4O. The van der Waals surface area contributed by atoms with Crippen molar-refractivity contribution in [2.24, 2.45) is 0 Å². The predicted octanol–water partition coefficient (Wildman–Crippen LogP) is 2.69. The number of rotatable bonds is 3. The minimum Gasteiger partial charge on any atom is -0.345 e. The van der Waals surface area contributed by atoms with Crippen LogP contribution < -0.4 is 5.32 Å². The average molecular weight is 301 g/mol. The molecule has 0 spiro atoms. The van der Waals surface area contributed by atoms with Crippen molar-refractivity contribution in [3.63, 3.8) is 0 Å². The second-order valence-corrected chi connectivity index (χ2v) is 5.20. The molecule has 1 amide bonds. The van der Waals surface area contributed by atoms with E-state index < -0.39 is 5.91 Å². The van der Waals surface area contributed by atoms with Crippen LogP contribution in [0.25, 0.3) is 16.6 Å². The Bertz CT molecular complexity index is 775. The molecule has 1 unspecified atom stereocenters. The SMILES string of the molecule is N=CC(=O)NC1C=CC=C(c2cnc3[nH]cc(Cl)c3c2)C1. The highest BCUT2D eigenvalue weighted by Crippen LogP contribution is 2.28. The van der Waals surface area contributed by atoms with E-state index in [0.29, 0.717) is 11.4 Å². The lowest BCUT2D eigenvalue weighted by molar-refractivity contribution is -0.114. The number of aromatic nitrogens is 2. The number of hydrogen-bond acceptors (Lipinski definition) is 3. The molecule has 0 radical (unpaired) electrons. The van der Waals surface area contributed by atoms with Crippen molar-refractivity contribution >= 4 is 40.3 Å². The number of carbonyl (C=O) groups is 1. The van der Waals surface area contributed by atoms with Gasteiger partial charge in [0.05, 0.1) is 17.3 Å². The van der Waals surface area contributed by atoms with Gasteiger partial charge in [-0.05, 0) is 23.6 Å². The predicted molar refractivity (Wildman–Crippen MR) is 83.6 cm³/mol. The summed E-state index contributed by atoms with van der Waals surface area (Å²) in [6.07, 6.45) is 10.7. The zero-order valence-electron chi connectivity index (χ0n) is 11.1. The smallest absolute Gasteiger partial charge is 0.262 e. The topological polar surface area (TPSA) is 81.6 Å². The third-order valence-corrected chi connectivity index (χ3v) is 3.70. The molecule has 3 N–H and O–H groups in total. The molecule has 3 rings (SSSR count). The van der Waals surface area contributed by atoms with E-state index in [1.54, 1.807) is 12.4 Å². The van der Waals surface area contributed by atoms with Crippen LogP contribution in [0.5, 0.6) is 0 Å². The first kappa shape index (κ1) is 13.6. The quantitative estimate of drug-likeness (QED) is 0.762. The first-order valence-electron chi connectivity index (χ1n) is 6.48. The highest BCUT2D eigenvalue weighted by molar-refractivity contribution is 6.35. The maximum atomic E-state index is 11.3. The van der Waals surface area contributed by atoms with Gasteiger partial charge >= 0.3 is 0 Å². The van der Waals surface area contributed by atoms with Gasteiger partial charge in [-0.15, -0.1) is 0 Å². The molecule has 6 heteroatoms. The number of H-pyrrole nitrogens is 1. The third kappa shape index (κ3) is 2.73. The van der Waals surface area contributed by atoms with Gasteiger partial charge < -0.3 is 15.7 Å². The number of aromatic amines is 1. The van der Waals surface area contributed by atoms with E-state index in [2.05, 4.69) is 15.3 Å². The van der Waals surface area contributed by atoms with Gasteiger partial charge in [-0.3, -0.25) is 4.79 Å². The first-order chi connectivity index (χ1) is 10.2. The first-order valence-corrected chi connectivity index (χ1v) is 6.86. The van der Waals surface area contributed by atoms with Crippen molar-refractivity contribution in [1.82, 2.24) is 15.3 Å². The van der Waals surface area contributed by atoms with E-state index in [4.69, 9.17) is 17.0 Å². The van der Waals surface area contributed by atoms with Crippen LogP contribution in [0.15, 0.2) is 36.7 Å². The molecule has 2 aromatic heterocycles. The third-order valence-electron chi connectivity index (χ3n) is 3.39. The molecule has 0 aliphatic heterocycles. The van der Waals surface area contributed by atoms with Gasteiger partial charge in [-0.2, -0.15) is 0 Å². The van der Waals surface area contributed by atoms with Crippen LogP contribution in [-0.4, -0.2) is 28.1 Å². The molecule has 0 fully saturated rings. The normalized spacial score (nSPS) is 17.6. The fourth-order valence-electron chi connectivity index (χ4n) is 2.36. The Balaban J connectivity index is 1.86. The van der Waals surface area contributed by atoms with Crippen molar-refractivity contribution in [3.05, 3.63) is 47.3 Å². The molecule has 2 aromatic rings. The second-order valence-electron chi connectivity index (χ2n) is 4.80. The Kier molecular flexibility index (Phi) is 3.58. The molecule has 5 nitrogen and oxygen atoms in total. The number of halogens is 1. The molecule has 0 bridgehead atoms. The van der Waals surface area contributed by atoms with Crippen LogP contribution >= 0.6 is 11.6 Å². The number of nitrogens with one attached hydrogen (secondary N) is 3. The van der Waals surface area contributed by atoms with Crippen molar-refractivity contribution in [3.8, 4) is 0 Å². The van der Waals surface area contributed by atoms with Crippen molar-refractivity contribution in [1.29, 1.82) is 5.41 Å². The summed E-state index contributed by atoms with van der Waals surface area (Å²) in [4.78, 5) is 18.6. The number of amides is 1. The monoisotopic (exact) mass is 300 g/mol. The maximum absolute atomic E-state index is 11.3. The summed E-state index contributed by atoms with van der Waals surface area (Å²) in [5, 5.41) is 11.2. The van der Waals surface area contributed by atoms with Gasteiger partial charge in [0.2, 0.25) is 0 Å². The van der Waals surface area contributed by atoms with Crippen LogP contribution in [0.3, 0.4) is 0 Å². The van der Waals surface area contributed by atoms with Crippen LogP contribution in [0, 0.1) is 5.41 Å². The fourth-order valence-corrected chi connectivity index (χ4v) is 2.56. The Hall–Kier alpha value is -2.40. The molecule has 1 atom stereocenters. The van der Waals surface area contributed by atoms with E-state index >= 15 is 0 Å². The van der Waals surface area contributed by atoms with E-state index in [-0.39, 0.29) is 6.04 Å². The number of carbonyl (C=O) groups excluding carboxylic acids is 1. The van der Waals surface area contributed by atoms with Gasteiger partial charge in [0.15, 0.2) is 0 Å². The fraction of sp³-hybridized carbons (Fsp3) is 0.133.